The van der Waals surface area contributed by atoms with E-state index in [0.29, 0.717) is 0 Å². The second kappa shape index (κ2) is 4.58. The van der Waals surface area contributed by atoms with Gasteiger partial charge in [0.2, 0.25) is 0 Å². The van der Waals surface area contributed by atoms with Crippen LogP contribution in [-0.4, -0.2) is 22.7 Å². The normalized spacial score (nSPS) is 12.6. The maximum atomic E-state index is 8.84. The van der Waals surface area contributed by atoms with E-state index in [2.05, 4.69) is 26.2 Å². The molecular formula is C9H13BrN2O. The smallest absolute Gasteiger partial charge is 0.140 e. The van der Waals surface area contributed by atoms with Crippen LogP contribution < -0.4 is 5.32 Å². The molecule has 0 spiro atoms. The second-order valence-electron chi connectivity index (χ2n) is 3.07. The number of rotatable bonds is 3. The molecule has 1 heterocycles. The first-order valence-corrected chi connectivity index (χ1v) is 4.92. The Labute approximate surface area is 86.3 Å². The lowest BCUT2D eigenvalue weighted by molar-refractivity contribution is 0.281. The number of nitrogens with one attached hydrogen (secondary N) is 1. The van der Waals surface area contributed by atoms with E-state index < -0.39 is 0 Å². The van der Waals surface area contributed by atoms with Gasteiger partial charge in [-0.2, -0.15) is 0 Å². The zero-order chi connectivity index (χ0) is 9.84. The maximum Gasteiger partial charge on any atom is 0.140 e. The van der Waals surface area contributed by atoms with Gasteiger partial charge in [0, 0.05) is 12.2 Å². The van der Waals surface area contributed by atoms with E-state index in [-0.39, 0.29) is 12.6 Å². The first kappa shape index (κ1) is 10.5. The van der Waals surface area contributed by atoms with Crippen LogP contribution in [0.1, 0.15) is 12.5 Å². The Balaban J connectivity index is 2.77. The highest BCUT2D eigenvalue weighted by Gasteiger charge is 2.04. The van der Waals surface area contributed by atoms with Crippen molar-refractivity contribution < 1.29 is 5.11 Å². The highest BCUT2D eigenvalue weighted by Crippen LogP contribution is 2.20. The summed E-state index contributed by atoms with van der Waals surface area (Å²) in [6.07, 6.45) is 1.79. The van der Waals surface area contributed by atoms with Gasteiger partial charge in [-0.15, -0.1) is 0 Å². The predicted molar refractivity (Wildman–Crippen MR) is 56.8 cm³/mol. The zero-order valence-electron chi connectivity index (χ0n) is 7.71. The molecule has 0 aliphatic rings. The van der Waals surface area contributed by atoms with Gasteiger partial charge in [0.1, 0.15) is 5.82 Å². The molecule has 0 saturated carbocycles. The fourth-order valence-electron chi connectivity index (χ4n) is 0.919. The Hall–Kier alpha value is -0.610. The third-order valence-electron chi connectivity index (χ3n) is 1.63. The molecule has 0 amide bonds. The van der Waals surface area contributed by atoms with Crippen LogP contribution in [0.3, 0.4) is 0 Å². The number of aliphatic hydroxyl groups excluding tert-OH is 1. The number of hydrogen-bond donors (Lipinski definition) is 2. The Morgan fingerprint density at radius 2 is 2.38 bits per heavy atom. The lowest BCUT2D eigenvalue weighted by atomic mass is 10.3. The molecule has 1 atom stereocenters. The van der Waals surface area contributed by atoms with Crippen LogP contribution in [0.4, 0.5) is 5.82 Å². The average molecular weight is 245 g/mol. The van der Waals surface area contributed by atoms with Crippen LogP contribution in [0.25, 0.3) is 0 Å². The minimum atomic E-state index is 0.0199. The SMILES string of the molecule is Cc1cnc(NC(C)CO)c(Br)c1. The van der Waals surface area contributed by atoms with Gasteiger partial charge in [0.25, 0.3) is 0 Å². The number of aryl methyl sites for hydroxylation is 1. The molecule has 0 radical (unpaired) electrons. The molecule has 1 rings (SSSR count). The van der Waals surface area contributed by atoms with E-state index in [1.165, 1.54) is 0 Å². The largest absolute Gasteiger partial charge is 0.394 e. The number of aliphatic hydroxyl groups is 1. The van der Waals surface area contributed by atoms with Crippen LogP contribution in [0.5, 0.6) is 0 Å². The standard InChI is InChI=1S/C9H13BrN2O/c1-6-3-8(10)9(11-4-6)12-7(2)5-13/h3-4,7,13H,5H2,1-2H3,(H,11,12). The molecule has 0 aliphatic heterocycles. The van der Waals surface area contributed by atoms with Gasteiger partial charge in [-0.05, 0) is 41.4 Å². The molecule has 13 heavy (non-hydrogen) atoms. The average Bonchev–Trinajstić information content (AvgIpc) is 2.09. The summed E-state index contributed by atoms with van der Waals surface area (Å²) in [5.41, 5.74) is 1.11. The number of nitrogens with zero attached hydrogens (tertiary/aromatic N) is 1. The molecule has 1 aromatic rings. The van der Waals surface area contributed by atoms with Crippen molar-refractivity contribution in [2.45, 2.75) is 19.9 Å². The van der Waals surface area contributed by atoms with Gasteiger partial charge < -0.3 is 10.4 Å². The van der Waals surface area contributed by atoms with Gasteiger partial charge >= 0.3 is 0 Å². The molecular weight excluding hydrogens is 232 g/mol. The zero-order valence-corrected chi connectivity index (χ0v) is 9.30. The van der Waals surface area contributed by atoms with Gasteiger partial charge in [-0.1, -0.05) is 0 Å². The minimum absolute atomic E-state index is 0.0199. The van der Waals surface area contributed by atoms with Crippen LogP contribution in [0, 0.1) is 6.92 Å². The van der Waals surface area contributed by atoms with Crippen molar-refractivity contribution in [1.82, 2.24) is 4.98 Å². The number of anilines is 1. The molecule has 72 valence electrons. The van der Waals surface area contributed by atoms with Crippen molar-refractivity contribution in [1.29, 1.82) is 0 Å². The fraction of sp³-hybridized carbons (Fsp3) is 0.444. The maximum absolute atomic E-state index is 8.84. The Morgan fingerprint density at radius 1 is 1.69 bits per heavy atom. The van der Waals surface area contributed by atoms with Crippen molar-refractivity contribution in [3.63, 3.8) is 0 Å². The lowest BCUT2D eigenvalue weighted by Gasteiger charge is -2.12. The van der Waals surface area contributed by atoms with Crippen molar-refractivity contribution in [3.8, 4) is 0 Å². The van der Waals surface area contributed by atoms with Crippen LogP contribution in [-0.2, 0) is 0 Å². The molecule has 0 fully saturated rings. The summed E-state index contributed by atoms with van der Waals surface area (Å²) in [5.74, 6) is 0.771. The number of pyridine rings is 1. The van der Waals surface area contributed by atoms with Crippen molar-refractivity contribution in [2.24, 2.45) is 0 Å². The van der Waals surface area contributed by atoms with Crippen molar-refractivity contribution in [2.75, 3.05) is 11.9 Å². The quantitative estimate of drug-likeness (QED) is 0.855. The first-order chi connectivity index (χ1) is 6.13. The van der Waals surface area contributed by atoms with E-state index in [4.69, 9.17) is 5.11 Å². The van der Waals surface area contributed by atoms with Gasteiger partial charge in [0.15, 0.2) is 0 Å². The van der Waals surface area contributed by atoms with E-state index >= 15 is 0 Å². The second-order valence-corrected chi connectivity index (χ2v) is 3.93. The summed E-state index contributed by atoms with van der Waals surface area (Å²) in [4.78, 5) is 4.20. The third-order valence-corrected chi connectivity index (χ3v) is 2.24. The molecule has 4 heteroatoms. The van der Waals surface area contributed by atoms with E-state index in [1.54, 1.807) is 6.20 Å². The van der Waals surface area contributed by atoms with Crippen LogP contribution >= 0.6 is 15.9 Å². The Bertz CT molecular complexity index is 291. The molecule has 0 aromatic carbocycles. The molecule has 0 aliphatic carbocycles. The fourth-order valence-corrected chi connectivity index (χ4v) is 1.50. The summed E-state index contributed by atoms with van der Waals surface area (Å²) in [5, 5.41) is 11.9. The summed E-state index contributed by atoms with van der Waals surface area (Å²) in [6, 6.07) is 2.01. The predicted octanol–water partition coefficient (Wildman–Crippen LogP) is 1.95. The highest BCUT2D eigenvalue weighted by atomic mass is 79.9. The molecule has 1 unspecified atom stereocenters. The van der Waals surface area contributed by atoms with E-state index in [1.807, 2.05) is 19.9 Å². The van der Waals surface area contributed by atoms with Crippen molar-refractivity contribution >= 4 is 21.7 Å². The van der Waals surface area contributed by atoms with E-state index in [9.17, 15) is 0 Å². The molecule has 2 N–H and O–H groups in total. The summed E-state index contributed by atoms with van der Waals surface area (Å²) in [6.45, 7) is 3.98. The van der Waals surface area contributed by atoms with E-state index in [0.717, 1.165) is 15.9 Å². The van der Waals surface area contributed by atoms with Gasteiger partial charge in [0.05, 0.1) is 11.1 Å². The van der Waals surface area contributed by atoms with Crippen LogP contribution in [0.2, 0.25) is 0 Å². The summed E-state index contributed by atoms with van der Waals surface area (Å²) >= 11 is 3.40. The Morgan fingerprint density at radius 3 is 2.92 bits per heavy atom. The summed E-state index contributed by atoms with van der Waals surface area (Å²) in [7, 11) is 0. The minimum Gasteiger partial charge on any atom is -0.394 e. The molecule has 1 aromatic heterocycles. The summed E-state index contributed by atoms with van der Waals surface area (Å²) < 4.78 is 0.924. The van der Waals surface area contributed by atoms with Gasteiger partial charge in [-0.3, -0.25) is 0 Å². The first-order valence-electron chi connectivity index (χ1n) is 4.13. The number of halogens is 1. The third kappa shape index (κ3) is 2.97. The van der Waals surface area contributed by atoms with Gasteiger partial charge in [-0.25, -0.2) is 4.98 Å². The Kier molecular flexibility index (Phi) is 3.69. The molecule has 3 nitrogen and oxygen atoms in total. The van der Waals surface area contributed by atoms with Crippen molar-refractivity contribution in [3.05, 3.63) is 22.3 Å². The molecule has 0 bridgehead atoms. The topological polar surface area (TPSA) is 45.2 Å². The van der Waals surface area contributed by atoms with Crippen LogP contribution in [0.15, 0.2) is 16.7 Å². The lowest BCUT2D eigenvalue weighted by Crippen LogP contribution is -2.20. The monoisotopic (exact) mass is 244 g/mol. The number of aromatic nitrogens is 1. The molecule has 0 saturated heterocycles. The number of hydrogen-bond acceptors (Lipinski definition) is 3. The highest BCUT2D eigenvalue weighted by molar-refractivity contribution is 9.10.